The first-order valence-corrected chi connectivity index (χ1v) is 7.73. The van der Waals surface area contributed by atoms with E-state index in [2.05, 4.69) is 25.6 Å². The fraction of sp³-hybridized carbons (Fsp3) is 0.222. The average Bonchev–Trinajstić information content (AvgIpc) is 2.85. The van der Waals surface area contributed by atoms with Crippen LogP contribution in [0.1, 0.15) is 11.5 Å². The molecule has 5 nitrogen and oxygen atoms in total. The minimum Gasteiger partial charge on any atom is -0.468 e. The lowest BCUT2D eigenvalue weighted by Crippen LogP contribution is -2.22. The lowest BCUT2D eigenvalue weighted by atomic mass is 10.5. The van der Waals surface area contributed by atoms with Gasteiger partial charge in [0.15, 0.2) is 8.13 Å². The summed E-state index contributed by atoms with van der Waals surface area (Å²) >= 11 is 4.24. The third-order valence-electron chi connectivity index (χ3n) is 1.99. The number of aryl methyl sites for hydroxylation is 1. The maximum atomic E-state index is 12.0. The number of aromatic nitrogens is 1. The highest BCUT2D eigenvalue weighted by molar-refractivity contribution is 9.11. The zero-order valence-electron chi connectivity index (χ0n) is 8.81. The van der Waals surface area contributed by atoms with E-state index < -0.39 is 10.0 Å². The molecular weight excluding hydrogens is 328 g/mol. The molecule has 0 spiro atoms. The third kappa shape index (κ3) is 2.95. The van der Waals surface area contributed by atoms with E-state index in [0.29, 0.717) is 15.4 Å². The normalized spacial score (nSPS) is 11.9. The van der Waals surface area contributed by atoms with Crippen LogP contribution in [0.25, 0.3) is 0 Å². The first-order valence-electron chi connectivity index (χ1n) is 4.64. The van der Waals surface area contributed by atoms with E-state index in [9.17, 15) is 8.42 Å². The van der Waals surface area contributed by atoms with Crippen molar-refractivity contribution in [2.45, 2.75) is 17.7 Å². The zero-order valence-corrected chi connectivity index (χ0v) is 12.0. The van der Waals surface area contributed by atoms with Gasteiger partial charge in [0.2, 0.25) is 0 Å². The number of sulfonamides is 1. The van der Waals surface area contributed by atoms with Crippen LogP contribution in [-0.4, -0.2) is 13.4 Å². The molecule has 0 aliphatic rings. The van der Waals surface area contributed by atoms with Crippen LogP contribution in [0.5, 0.6) is 0 Å². The van der Waals surface area contributed by atoms with Gasteiger partial charge < -0.3 is 4.42 Å². The zero-order chi connectivity index (χ0) is 12.5. The molecule has 0 fully saturated rings. The minimum atomic E-state index is -3.53. The van der Waals surface area contributed by atoms with E-state index >= 15 is 0 Å². The van der Waals surface area contributed by atoms with Crippen molar-refractivity contribution in [3.8, 4) is 0 Å². The minimum absolute atomic E-state index is 0.129. The number of nitrogens with one attached hydrogen (secondary N) is 1. The molecule has 0 saturated carbocycles. The summed E-state index contributed by atoms with van der Waals surface area (Å²) in [4.78, 5) is 4.01. The Bertz CT molecular complexity index is 604. The molecule has 0 amide bonds. The number of halogens is 1. The van der Waals surface area contributed by atoms with Crippen LogP contribution < -0.4 is 4.72 Å². The van der Waals surface area contributed by atoms with Crippen molar-refractivity contribution in [3.05, 3.63) is 33.8 Å². The molecule has 92 valence electrons. The molecule has 2 heterocycles. The van der Waals surface area contributed by atoms with Crippen LogP contribution in [0.2, 0.25) is 0 Å². The van der Waals surface area contributed by atoms with Crippen molar-refractivity contribution in [1.29, 1.82) is 0 Å². The summed E-state index contributed by atoms with van der Waals surface area (Å²) in [5.74, 6) is 0.565. The van der Waals surface area contributed by atoms with E-state index in [4.69, 9.17) is 4.42 Å². The Morgan fingerprint density at radius 3 is 2.88 bits per heavy atom. The van der Waals surface area contributed by atoms with Gasteiger partial charge in [-0.2, -0.15) is 0 Å². The van der Waals surface area contributed by atoms with Gasteiger partial charge in [0.1, 0.15) is 5.76 Å². The second-order valence-electron chi connectivity index (χ2n) is 3.24. The van der Waals surface area contributed by atoms with E-state index in [0.717, 1.165) is 11.3 Å². The van der Waals surface area contributed by atoms with Crippen LogP contribution in [0.3, 0.4) is 0 Å². The predicted octanol–water partition coefficient (Wildman–Crippen LogP) is 2.29. The number of furan rings is 1. The Balaban J connectivity index is 2.17. The topological polar surface area (TPSA) is 72.2 Å². The van der Waals surface area contributed by atoms with Gasteiger partial charge in [0, 0.05) is 0 Å². The summed E-state index contributed by atoms with van der Waals surface area (Å²) in [7, 11) is -3.53. The Kier molecular flexibility index (Phi) is 3.67. The maximum absolute atomic E-state index is 12.0. The van der Waals surface area contributed by atoms with Crippen molar-refractivity contribution in [1.82, 2.24) is 9.71 Å². The molecule has 0 aliphatic carbocycles. The van der Waals surface area contributed by atoms with Crippen LogP contribution >= 0.6 is 27.3 Å². The summed E-state index contributed by atoms with van der Waals surface area (Å²) in [6, 6.07) is 3.41. The molecule has 0 bridgehead atoms. The van der Waals surface area contributed by atoms with Gasteiger partial charge >= 0.3 is 0 Å². The SMILES string of the molecule is Cc1nc(Br)sc1S(=O)(=O)NCc1ccco1. The fourth-order valence-electron chi connectivity index (χ4n) is 1.24. The Hall–Kier alpha value is -0.700. The standard InChI is InChI=1S/C9H9BrN2O3S2/c1-6-8(16-9(10)12-6)17(13,14)11-5-7-3-2-4-15-7/h2-4,11H,5H2,1H3. The molecule has 0 unspecified atom stereocenters. The number of nitrogens with zero attached hydrogens (tertiary/aromatic N) is 1. The van der Waals surface area contributed by atoms with E-state index in [1.165, 1.54) is 6.26 Å². The summed E-state index contributed by atoms with van der Waals surface area (Å²) in [6.45, 7) is 1.78. The average molecular weight is 337 g/mol. The van der Waals surface area contributed by atoms with Crippen LogP contribution in [0.4, 0.5) is 0 Å². The summed E-state index contributed by atoms with van der Waals surface area (Å²) < 4.78 is 32.2. The monoisotopic (exact) mass is 336 g/mol. The molecule has 8 heteroatoms. The highest BCUT2D eigenvalue weighted by Crippen LogP contribution is 2.26. The summed E-state index contributed by atoms with van der Waals surface area (Å²) in [5.41, 5.74) is 0.480. The fourth-order valence-corrected chi connectivity index (χ4v) is 4.60. The Morgan fingerprint density at radius 2 is 2.35 bits per heavy atom. The van der Waals surface area contributed by atoms with E-state index in [1.54, 1.807) is 19.1 Å². The van der Waals surface area contributed by atoms with Gasteiger partial charge in [0.25, 0.3) is 10.0 Å². The summed E-state index contributed by atoms with van der Waals surface area (Å²) in [6.07, 6.45) is 1.50. The smallest absolute Gasteiger partial charge is 0.252 e. The quantitative estimate of drug-likeness (QED) is 0.929. The van der Waals surface area contributed by atoms with Crippen molar-refractivity contribution in [2.75, 3.05) is 0 Å². The molecule has 0 aliphatic heterocycles. The molecular formula is C9H9BrN2O3S2. The third-order valence-corrected chi connectivity index (χ3v) is 5.61. The van der Waals surface area contributed by atoms with Gasteiger partial charge in [-0.25, -0.2) is 18.1 Å². The Labute approximate surface area is 111 Å². The molecule has 0 saturated heterocycles. The Morgan fingerprint density at radius 1 is 1.59 bits per heavy atom. The van der Waals surface area contributed by atoms with Gasteiger partial charge in [-0.3, -0.25) is 0 Å². The number of rotatable bonds is 4. The van der Waals surface area contributed by atoms with Crippen molar-refractivity contribution < 1.29 is 12.8 Å². The summed E-state index contributed by atoms with van der Waals surface area (Å²) in [5, 5.41) is 0. The molecule has 0 radical (unpaired) electrons. The van der Waals surface area contributed by atoms with Crippen molar-refractivity contribution in [3.63, 3.8) is 0 Å². The number of hydrogen-bond donors (Lipinski definition) is 1. The first kappa shape index (κ1) is 12.7. The highest BCUT2D eigenvalue weighted by atomic mass is 79.9. The second-order valence-corrected chi connectivity index (χ2v) is 7.48. The highest BCUT2D eigenvalue weighted by Gasteiger charge is 2.21. The lowest BCUT2D eigenvalue weighted by molar-refractivity contribution is 0.499. The van der Waals surface area contributed by atoms with Crippen molar-refractivity contribution in [2.24, 2.45) is 0 Å². The molecule has 17 heavy (non-hydrogen) atoms. The van der Waals surface area contributed by atoms with E-state index in [-0.39, 0.29) is 10.8 Å². The second kappa shape index (κ2) is 4.89. The van der Waals surface area contributed by atoms with Gasteiger partial charge in [-0.1, -0.05) is 11.3 Å². The van der Waals surface area contributed by atoms with Gasteiger partial charge in [0.05, 0.1) is 18.5 Å². The van der Waals surface area contributed by atoms with Crippen LogP contribution in [-0.2, 0) is 16.6 Å². The lowest BCUT2D eigenvalue weighted by Gasteiger charge is -2.02. The van der Waals surface area contributed by atoms with Crippen LogP contribution in [0, 0.1) is 6.92 Å². The van der Waals surface area contributed by atoms with Crippen LogP contribution in [0.15, 0.2) is 30.9 Å². The predicted molar refractivity (Wildman–Crippen MR) is 67.3 cm³/mol. The maximum Gasteiger partial charge on any atom is 0.252 e. The molecule has 0 aromatic carbocycles. The first-order chi connectivity index (χ1) is 7.99. The van der Waals surface area contributed by atoms with Gasteiger partial charge in [-0.15, -0.1) is 0 Å². The van der Waals surface area contributed by atoms with E-state index in [1.807, 2.05) is 0 Å². The number of hydrogen-bond acceptors (Lipinski definition) is 5. The van der Waals surface area contributed by atoms with Gasteiger partial charge in [-0.05, 0) is 35.0 Å². The molecule has 0 atom stereocenters. The molecule has 1 N–H and O–H groups in total. The molecule has 2 aromatic heterocycles. The number of thiazole rings is 1. The molecule has 2 rings (SSSR count). The van der Waals surface area contributed by atoms with Crippen molar-refractivity contribution >= 4 is 37.3 Å². The largest absolute Gasteiger partial charge is 0.468 e. The molecule has 2 aromatic rings.